The second kappa shape index (κ2) is 6.67. The zero-order chi connectivity index (χ0) is 18.3. The van der Waals surface area contributed by atoms with Crippen LogP contribution in [-0.4, -0.2) is 71.5 Å². The predicted octanol–water partition coefficient (Wildman–Crippen LogP) is 1.26. The van der Waals surface area contributed by atoms with Gasteiger partial charge < -0.3 is 14.9 Å². The third kappa shape index (κ3) is 3.01. The van der Waals surface area contributed by atoms with Gasteiger partial charge in [-0.1, -0.05) is 24.3 Å². The third-order valence-corrected chi connectivity index (χ3v) is 6.33. The standard InChI is InChI=1S/C20H27N3O3/c1-21-11-17-12-23(14-20(17,13-21)19(25)26)18(24)7-4-8-22-9-15-5-2-3-6-16(15)10-22/h2-3,5-6,17H,4,7-14H2,1H3,(H,25,26)/t17-,20-/m0/s1. The van der Waals surface area contributed by atoms with Gasteiger partial charge >= 0.3 is 5.97 Å². The molecule has 1 aromatic carbocycles. The minimum absolute atomic E-state index is 0.0574. The molecule has 2 fully saturated rings. The number of hydrogen-bond donors (Lipinski definition) is 1. The quantitative estimate of drug-likeness (QED) is 0.859. The van der Waals surface area contributed by atoms with Crippen LogP contribution in [0.2, 0.25) is 0 Å². The average molecular weight is 357 g/mol. The summed E-state index contributed by atoms with van der Waals surface area (Å²) in [5, 5.41) is 9.73. The van der Waals surface area contributed by atoms with Gasteiger partial charge in [0.2, 0.25) is 5.91 Å². The largest absolute Gasteiger partial charge is 0.481 e. The van der Waals surface area contributed by atoms with E-state index in [4.69, 9.17) is 0 Å². The van der Waals surface area contributed by atoms with Gasteiger partial charge in [0.15, 0.2) is 0 Å². The molecule has 4 rings (SSSR count). The number of carbonyl (C=O) groups excluding carboxylic acids is 1. The van der Waals surface area contributed by atoms with Crippen LogP contribution in [0.15, 0.2) is 24.3 Å². The molecule has 0 spiro atoms. The van der Waals surface area contributed by atoms with E-state index < -0.39 is 11.4 Å². The molecule has 3 aliphatic heterocycles. The number of likely N-dealkylation sites (tertiary alicyclic amines) is 2. The lowest BCUT2D eigenvalue weighted by molar-refractivity contribution is -0.149. The van der Waals surface area contributed by atoms with E-state index in [1.807, 2.05) is 7.05 Å². The van der Waals surface area contributed by atoms with E-state index in [0.717, 1.165) is 32.6 Å². The van der Waals surface area contributed by atoms with Gasteiger partial charge in [-0.3, -0.25) is 14.5 Å². The lowest BCUT2D eigenvalue weighted by Gasteiger charge is -2.24. The molecule has 6 nitrogen and oxygen atoms in total. The van der Waals surface area contributed by atoms with Gasteiger partial charge in [-0.05, 0) is 31.1 Å². The Morgan fingerprint density at radius 2 is 1.85 bits per heavy atom. The Hall–Kier alpha value is -1.92. The fraction of sp³-hybridized carbons (Fsp3) is 0.600. The summed E-state index contributed by atoms with van der Waals surface area (Å²) in [7, 11) is 1.96. The van der Waals surface area contributed by atoms with E-state index in [-0.39, 0.29) is 11.8 Å². The Morgan fingerprint density at radius 1 is 1.15 bits per heavy atom. The fourth-order valence-electron chi connectivity index (χ4n) is 4.98. The molecular weight excluding hydrogens is 330 g/mol. The summed E-state index contributed by atoms with van der Waals surface area (Å²) in [6, 6.07) is 8.50. The van der Waals surface area contributed by atoms with Gasteiger partial charge in [0, 0.05) is 51.6 Å². The van der Waals surface area contributed by atoms with Gasteiger partial charge in [0.25, 0.3) is 0 Å². The molecule has 2 atom stereocenters. The minimum Gasteiger partial charge on any atom is -0.481 e. The van der Waals surface area contributed by atoms with Crippen LogP contribution in [0.3, 0.4) is 0 Å². The fourth-order valence-corrected chi connectivity index (χ4v) is 4.98. The molecule has 3 aliphatic rings. The van der Waals surface area contributed by atoms with Crippen LogP contribution < -0.4 is 0 Å². The van der Waals surface area contributed by atoms with Crippen molar-refractivity contribution in [1.82, 2.24) is 14.7 Å². The molecule has 0 bridgehead atoms. The molecule has 1 aromatic rings. The molecule has 1 N–H and O–H groups in total. The summed E-state index contributed by atoms with van der Waals surface area (Å²) in [6.45, 7) is 5.10. The molecule has 2 saturated heterocycles. The van der Waals surface area contributed by atoms with Crippen LogP contribution in [0, 0.1) is 11.3 Å². The Labute approximate surface area is 154 Å². The van der Waals surface area contributed by atoms with Crippen LogP contribution in [-0.2, 0) is 22.7 Å². The number of rotatable bonds is 5. The molecular formula is C20H27N3O3. The number of carboxylic acids is 1. The molecule has 0 aliphatic carbocycles. The topological polar surface area (TPSA) is 64.1 Å². The van der Waals surface area contributed by atoms with E-state index >= 15 is 0 Å². The molecule has 0 saturated carbocycles. The highest BCUT2D eigenvalue weighted by atomic mass is 16.4. The van der Waals surface area contributed by atoms with Crippen molar-refractivity contribution in [2.45, 2.75) is 25.9 Å². The maximum absolute atomic E-state index is 12.6. The summed E-state index contributed by atoms with van der Waals surface area (Å²) < 4.78 is 0. The molecule has 6 heteroatoms. The van der Waals surface area contributed by atoms with Crippen LogP contribution in [0.1, 0.15) is 24.0 Å². The summed E-state index contributed by atoms with van der Waals surface area (Å²) in [6.07, 6.45) is 1.33. The summed E-state index contributed by atoms with van der Waals surface area (Å²) in [5.41, 5.74) is 2.01. The minimum atomic E-state index is -0.763. The Kier molecular flexibility index (Phi) is 4.49. The van der Waals surface area contributed by atoms with E-state index in [1.165, 1.54) is 11.1 Å². The van der Waals surface area contributed by atoms with E-state index in [9.17, 15) is 14.7 Å². The summed E-state index contributed by atoms with van der Waals surface area (Å²) in [4.78, 5) is 30.7. The normalized spacial score (nSPS) is 28.3. The Bertz CT molecular complexity index is 697. The van der Waals surface area contributed by atoms with Crippen molar-refractivity contribution in [3.63, 3.8) is 0 Å². The van der Waals surface area contributed by atoms with Crippen LogP contribution in [0.25, 0.3) is 0 Å². The third-order valence-electron chi connectivity index (χ3n) is 6.33. The number of nitrogens with zero attached hydrogens (tertiary/aromatic N) is 3. The molecule has 0 aromatic heterocycles. The zero-order valence-corrected chi connectivity index (χ0v) is 15.4. The number of benzene rings is 1. The van der Waals surface area contributed by atoms with Crippen molar-refractivity contribution in [2.75, 3.05) is 39.8 Å². The first-order valence-electron chi connectivity index (χ1n) is 9.47. The molecule has 140 valence electrons. The first-order valence-corrected chi connectivity index (χ1v) is 9.47. The molecule has 0 radical (unpaired) electrons. The van der Waals surface area contributed by atoms with Gasteiger partial charge in [-0.2, -0.15) is 0 Å². The van der Waals surface area contributed by atoms with Crippen molar-refractivity contribution in [3.05, 3.63) is 35.4 Å². The SMILES string of the molecule is CN1C[C@H]2CN(C(=O)CCCN3Cc4ccccc4C3)C[C@@]2(C(=O)O)C1. The second-order valence-electron chi connectivity index (χ2n) is 8.21. The van der Waals surface area contributed by atoms with Crippen molar-refractivity contribution in [3.8, 4) is 0 Å². The predicted molar refractivity (Wildman–Crippen MR) is 97.4 cm³/mol. The van der Waals surface area contributed by atoms with E-state index in [2.05, 4.69) is 34.1 Å². The van der Waals surface area contributed by atoms with E-state index in [1.54, 1.807) is 4.90 Å². The summed E-state index contributed by atoms with van der Waals surface area (Å²) in [5.74, 6) is -0.585. The van der Waals surface area contributed by atoms with Gasteiger partial charge in [-0.25, -0.2) is 0 Å². The average Bonchev–Trinajstić information content (AvgIpc) is 3.24. The monoisotopic (exact) mass is 357 g/mol. The lowest BCUT2D eigenvalue weighted by Crippen LogP contribution is -2.41. The highest BCUT2D eigenvalue weighted by molar-refractivity contribution is 5.81. The number of carbonyl (C=O) groups is 2. The maximum atomic E-state index is 12.6. The van der Waals surface area contributed by atoms with Gasteiger partial charge in [-0.15, -0.1) is 0 Å². The van der Waals surface area contributed by atoms with Gasteiger partial charge in [0.05, 0.1) is 0 Å². The van der Waals surface area contributed by atoms with Crippen LogP contribution >= 0.6 is 0 Å². The molecule has 1 amide bonds. The first kappa shape index (κ1) is 17.5. The maximum Gasteiger partial charge on any atom is 0.313 e. The highest BCUT2D eigenvalue weighted by Crippen LogP contribution is 2.42. The Morgan fingerprint density at radius 3 is 2.46 bits per heavy atom. The first-order chi connectivity index (χ1) is 12.5. The van der Waals surface area contributed by atoms with Crippen molar-refractivity contribution < 1.29 is 14.7 Å². The number of hydrogen-bond acceptors (Lipinski definition) is 4. The molecule has 26 heavy (non-hydrogen) atoms. The van der Waals surface area contributed by atoms with Crippen molar-refractivity contribution in [1.29, 1.82) is 0 Å². The number of aliphatic carboxylic acids is 1. The number of amides is 1. The Balaban J connectivity index is 1.27. The number of fused-ring (bicyclic) bond motifs is 2. The van der Waals surface area contributed by atoms with Gasteiger partial charge in [0.1, 0.15) is 5.41 Å². The second-order valence-corrected chi connectivity index (χ2v) is 8.21. The summed E-state index contributed by atoms with van der Waals surface area (Å²) >= 11 is 0. The van der Waals surface area contributed by atoms with Crippen LogP contribution in [0.4, 0.5) is 0 Å². The lowest BCUT2D eigenvalue weighted by atomic mass is 9.81. The molecule has 3 heterocycles. The van der Waals surface area contributed by atoms with Crippen molar-refractivity contribution >= 4 is 11.9 Å². The number of carboxylic acid groups (broad SMARTS) is 1. The van der Waals surface area contributed by atoms with E-state index in [0.29, 0.717) is 26.1 Å². The smallest absolute Gasteiger partial charge is 0.313 e. The zero-order valence-electron chi connectivity index (χ0n) is 15.4. The van der Waals surface area contributed by atoms with Crippen molar-refractivity contribution in [2.24, 2.45) is 11.3 Å². The van der Waals surface area contributed by atoms with Crippen LogP contribution in [0.5, 0.6) is 0 Å². The molecule has 0 unspecified atom stereocenters. The highest BCUT2D eigenvalue weighted by Gasteiger charge is 2.57.